The Kier molecular flexibility index (Phi) is 30.8. The average Bonchev–Trinajstić information content (AvgIpc) is 3.51. The van der Waals surface area contributed by atoms with E-state index in [0.29, 0.717) is 12.8 Å². The Morgan fingerprint density at radius 3 is 1.45 bits per heavy atom. The van der Waals surface area contributed by atoms with Gasteiger partial charge in [0, 0.05) is 13.8 Å². The van der Waals surface area contributed by atoms with E-state index >= 15 is 0 Å². The van der Waals surface area contributed by atoms with E-state index < -0.39 is 217 Å². The van der Waals surface area contributed by atoms with Gasteiger partial charge in [0.1, 0.15) is 122 Å². The molecule has 0 aromatic carbocycles. The molecule has 0 aliphatic carbocycles. The number of amides is 3. The number of aliphatic hydroxyl groups excluding tert-OH is 15. The van der Waals surface area contributed by atoms with E-state index in [9.17, 15) is 91.0 Å². The Balaban J connectivity index is 1.27. The first kappa shape index (κ1) is 71.9. The van der Waals surface area contributed by atoms with Gasteiger partial charge in [-0.2, -0.15) is 0 Å². The van der Waals surface area contributed by atoms with Gasteiger partial charge in [-0.1, -0.05) is 83.3 Å². The Morgan fingerprint density at radius 1 is 0.476 bits per heavy atom. The van der Waals surface area contributed by atoms with Crippen molar-refractivity contribution in [2.24, 2.45) is 0 Å². The molecule has 3 amide bonds. The lowest BCUT2D eigenvalue weighted by atomic mass is 9.94. The highest BCUT2D eigenvalue weighted by Gasteiger charge is 2.57. The Hall–Kier alpha value is -2.85. The van der Waals surface area contributed by atoms with Crippen LogP contribution in [0.1, 0.15) is 97.8 Å². The molecule has 0 aromatic rings. The molecule has 84 heavy (non-hydrogen) atoms. The van der Waals surface area contributed by atoms with E-state index in [4.69, 9.17) is 47.4 Å². The fourth-order valence-corrected chi connectivity index (χ4v) is 10.7. The molecule has 0 radical (unpaired) electrons. The van der Waals surface area contributed by atoms with Crippen LogP contribution in [0.5, 0.6) is 0 Å². The molecular weight excluding hydrogens is 1130 g/mol. The predicted octanol–water partition coefficient (Wildman–Crippen LogP) is -6.88. The molecule has 0 bridgehead atoms. The van der Waals surface area contributed by atoms with Crippen LogP contribution in [0.15, 0.2) is 12.2 Å². The maximum atomic E-state index is 12.9. The molecule has 5 heterocycles. The highest BCUT2D eigenvalue weighted by Crippen LogP contribution is 2.36. The van der Waals surface area contributed by atoms with Crippen molar-refractivity contribution in [3.63, 3.8) is 0 Å². The Bertz CT molecular complexity index is 1930. The SMILES string of the molecule is CCCCCCCCCCCCC/C=C/[C@@H](O)[C@H](CO[C@@H]1O[C@H](CO)[C@@H](O[C@@H]2O[C@H](CO)[C@H](O[C@@H]3O[C@H](CO[C@@H]4O[C@H](CO)[C@@H](O)[C@H](O)[C@H]4NC(C)=O)[C@H](O)[C@H](O[C@@H]4O[C@H](CO)[C@H](O)[C@H](O)[C@H]4O)[C@H]3NC(C)=O)[C@H](O)[C@H]2O)[C@H](O)[C@H]1O)NC=O. The topological polar surface area (TPSA) is 483 Å². The summed E-state index contributed by atoms with van der Waals surface area (Å²) in [5.41, 5.74) is 0. The minimum Gasteiger partial charge on any atom is -0.394 e. The maximum Gasteiger partial charge on any atom is 0.217 e. The summed E-state index contributed by atoms with van der Waals surface area (Å²) in [6, 6.07) is -4.32. The molecule has 5 saturated heterocycles. The number of hydrogen-bond acceptors (Lipinski definition) is 28. The van der Waals surface area contributed by atoms with Gasteiger partial charge < -0.3 is 140 Å². The lowest BCUT2D eigenvalue weighted by Gasteiger charge is -2.50. The third kappa shape index (κ3) is 19.6. The number of rotatable bonds is 34. The quantitative estimate of drug-likeness (QED) is 0.0162. The fourth-order valence-electron chi connectivity index (χ4n) is 10.7. The molecule has 27 atom stereocenters. The summed E-state index contributed by atoms with van der Waals surface area (Å²) >= 11 is 0. The number of carbonyl (C=O) groups excluding carboxylic acids is 3. The molecule has 18 N–H and O–H groups in total. The molecule has 5 aliphatic rings. The molecular formula is C53H93N3O28. The first-order valence-electron chi connectivity index (χ1n) is 29.0. The lowest BCUT2D eigenvalue weighted by Crippen LogP contribution is -2.70. The summed E-state index contributed by atoms with van der Waals surface area (Å²) in [7, 11) is 0. The number of unbranched alkanes of at least 4 members (excludes halogenated alkanes) is 11. The summed E-state index contributed by atoms with van der Waals surface area (Å²) in [6.07, 6.45) is -26.8. The van der Waals surface area contributed by atoms with Crippen molar-refractivity contribution in [3.05, 3.63) is 12.2 Å². The molecule has 488 valence electrons. The summed E-state index contributed by atoms with van der Waals surface area (Å²) in [6.45, 7) is -0.691. The van der Waals surface area contributed by atoms with E-state index in [0.717, 1.165) is 39.5 Å². The average molecular weight is 1220 g/mol. The van der Waals surface area contributed by atoms with E-state index in [-0.39, 0.29) is 0 Å². The maximum absolute atomic E-state index is 12.9. The largest absolute Gasteiger partial charge is 0.394 e. The molecule has 0 unspecified atom stereocenters. The van der Waals surface area contributed by atoms with E-state index in [1.165, 1.54) is 51.0 Å². The summed E-state index contributed by atoms with van der Waals surface area (Å²) < 4.78 is 58.4. The Morgan fingerprint density at radius 2 is 0.917 bits per heavy atom. The first-order chi connectivity index (χ1) is 40.2. The van der Waals surface area contributed by atoms with Crippen molar-refractivity contribution in [1.82, 2.24) is 16.0 Å². The second-order valence-electron chi connectivity index (χ2n) is 21.9. The van der Waals surface area contributed by atoms with Crippen LogP contribution in [0.2, 0.25) is 0 Å². The van der Waals surface area contributed by atoms with Gasteiger partial charge in [0.2, 0.25) is 18.2 Å². The van der Waals surface area contributed by atoms with Gasteiger partial charge in [0.25, 0.3) is 0 Å². The van der Waals surface area contributed by atoms with Crippen LogP contribution < -0.4 is 16.0 Å². The molecule has 5 rings (SSSR count). The molecule has 0 saturated carbocycles. The summed E-state index contributed by atoms with van der Waals surface area (Å²) in [5.74, 6) is -1.56. The zero-order valence-corrected chi connectivity index (χ0v) is 47.6. The number of aliphatic hydroxyl groups is 15. The number of allylic oxidation sites excluding steroid dienone is 1. The van der Waals surface area contributed by atoms with Gasteiger partial charge in [0.15, 0.2) is 31.5 Å². The number of ether oxygens (including phenoxy) is 10. The van der Waals surface area contributed by atoms with Gasteiger partial charge in [-0.25, -0.2) is 0 Å². The number of hydrogen-bond donors (Lipinski definition) is 18. The molecule has 31 heteroatoms. The van der Waals surface area contributed by atoms with E-state index in [1.54, 1.807) is 6.08 Å². The predicted molar refractivity (Wildman–Crippen MR) is 283 cm³/mol. The van der Waals surface area contributed by atoms with Crippen LogP contribution in [0.3, 0.4) is 0 Å². The van der Waals surface area contributed by atoms with Crippen molar-refractivity contribution in [2.75, 3.05) is 39.6 Å². The van der Waals surface area contributed by atoms with E-state index in [2.05, 4.69) is 22.9 Å². The minimum absolute atomic E-state index is 0.344. The van der Waals surface area contributed by atoms with Gasteiger partial charge in [-0.3, -0.25) is 14.4 Å². The second kappa shape index (κ2) is 36.0. The van der Waals surface area contributed by atoms with Crippen LogP contribution in [-0.4, -0.2) is 300 Å². The summed E-state index contributed by atoms with van der Waals surface area (Å²) in [4.78, 5) is 36.5. The first-order valence-corrected chi connectivity index (χ1v) is 29.0. The molecule has 31 nitrogen and oxygen atoms in total. The van der Waals surface area contributed by atoms with Gasteiger partial charge in [-0.15, -0.1) is 0 Å². The summed E-state index contributed by atoms with van der Waals surface area (Å²) in [5, 5.41) is 170. The zero-order chi connectivity index (χ0) is 61.8. The van der Waals surface area contributed by atoms with E-state index in [1.807, 2.05) is 0 Å². The molecule has 5 fully saturated rings. The minimum atomic E-state index is -2.20. The van der Waals surface area contributed by atoms with Crippen molar-refractivity contribution >= 4 is 18.2 Å². The van der Waals surface area contributed by atoms with Gasteiger partial charge in [-0.05, 0) is 12.8 Å². The molecule has 0 aromatic heterocycles. The Labute approximate surface area is 486 Å². The highest BCUT2D eigenvalue weighted by molar-refractivity contribution is 5.73. The number of nitrogens with one attached hydrogen (secondary N) is 3. The van der Waals surface area contributed by atoms with Crippen LogP contribution in [0.25, 0.3) is 0 Å². The standard InChI is InChI=1S/C53H93N3O28/c1-4-5-6-7-8-9-10-11-12-13-14-15-16-17-28(64)27(54-24-61)22-75-51-44(73)41(70)47(31(20-59)79-51)83-53-45(74)42(71)46(32(21-60)80-53)82-50-35(56-26(3)63)48(84-52-43(72)40(69)37(66)30(19-58)78-52)38(67)33(81-50)23-76-49-34(55-25(2)62)39(68)36(65)29(18-57)77-49/h16-17,24,27-53,57-60,64-74H,4-15,18-23H2,1-3H3,(H,54,61)(H,55,62)(H,56,63)/b17-16+/t27-,28+,29+,30+,31+,32+,33+,34+,35+,36+,37-,38-,39+,40-,41+,42+,43+,44+,45+,46-,47+,48+,49+,50-,51+,52-,53-/m0/s1. The smallest absolute Gasteiger partial charge is 0.217 e. The fraction of sp³-hybridized carbons (Fsp3) is 0.906. The number of carbonyl (C=O) groups is 3. The highest BCUT2D eigenvalue weighted by atomic mass is 16.8. The van der Waals surface area contributed by atoms with Gasteiger partial charge in [0.05, 0.1) is 51.8 Å². The van der Waals surface area contributed by atoms with Crippen LogP contribution >= 0.6 is 0 Å². The van der Waals surface area contributed by atoms with Crippen molar-refractivity contribution in [1.29, 1.82) is 0 Å². The van der Waals surface area contributed by atoms with Crippen molar-refractivity contribution < 1.29 is 138 Å². The monoisotopic (exact) mass is 1220 g/mol. The third-order valence-electron chi connectivity index (χ3n) is 15.5. The molecule has 5 aliphatic heterocycles. The lowest BCUT2D eigenvalue weighted by molar-refractivity contribution is -0.381. The second-order valence-corrected chi connectivity index (χ2v) is 21.9. The zero-order valence-electron chi connectivity index (χ0n) is 47.6. The van der Waals surface area contributed by atoms with Crippen LogP contribution in [0.4, 0.5) is 0 Å². The van der Waals surface area contributed by atoms with Gasteiger partial charge >= 0.3 is 0 Å². The van der Waals surface area contributed by atoms with Crippen molar-refractivity contribution in [3.8, 4) is 0 Å². The molecule has 0 spiro atoms. The van der Waals surface area contributed by atoms with Crippen LogP contribution in [-0.2, 0) is 61.8 Å². The normalized spacial score (nSPS) is 40.0. The third-order valence-corrected chi connectivity index (χ3v) is 15.5. The van der Waals surface area contributed by atoms with Crippen molar-refractivity contribution in [2.45, 2.75) is 263 Å². The van der Waals surface area contributed by atoms with Crippen LogP contribution in [0, 0.1) is 0 Å².